The number of benzene rings is 1. The molecule has 1 aromatic carbocycles. The van der Waals surface area contributed by atoms with Crippen molar-refractivity contribution in [1.29, 1.82) is 0 Å². The Bertz CT molecular complexity index is 1070. The Labute approximate surface area is 172 Å². The SMILES string of the molecule is CC.Cc1cnccc1C(=O)Nc1ccc(-c2cc3c(cc2C)OC(F)(F)O3)cn1. The normalized spacial score (nSPS) is 13.3. The van der Waals surface area contributed by atoms with E-state index in [1.165, 1.54) is 12.1 Å². The first kappa shape index (κ1) is 21.2. The van der Waals surface area contributed by atoms with E-state index in [0.29, 0.717) is 22.5 Å². The largest absolute Gasteiger partial charge is 0.586 e. The molecule has 1 aliphatic rings. The van der Waals surface area contributed by atoms with Crippen LogP contribution in [0.3, 0.4) is 0 Å². The van der Waals surface area contributed by atoms with Crippen molar-refractivity contribution in [2.45, 2.75) is 34.0 Å². The summed E-state index contributed by atoms with van der Waals surface area (Å²) in [6.45, 7) is 7.57. The number of aromatic nitrogens is 2. The molecule has 3 heterocycles. The molecule has 0 bridgehead atoms. The number of aryl methyl sites for hydroxylation is 2. The monoisotopic (exact) mass is 413 g/mol. The number of anilines is 1. The first-order valence-corrected chi connectivity index (χ1v) is 9.41. The highest BCUT2D eigenvalue weighted by atomic mass is 19.3. The Balaban J connectivity index is 0.00000124. The molecule has 6 nitrogen and oxygen atoms in total. The number of carbonyl (C=O) groups is 1. The second-order valence-electron chi connectivity index (χ2n) is 6.36. The van der Waals surface area contributed by atoms with Gasteiger partial charge >= 0.3 is 6.29 Å². The quantitative estimate of drug-likeness (QED) is 0.626. The van der Waals surface area contributed by atoms with E-state index in [-0.39, 0.29) is 17.4 Å². The average molecular weight is 413 g/mol. The average Bonchev–Trinajstić information content (AvgIpc) is 3.02. The van der Waals surface area contributed by atoms with E-state index >= 15 is 0 Å². The van der Waals surface area contributed by atoms with Crippen molar-refractivity contribution in [3.63, 3.8) is 0 Å². The number of fused-ring (bicyclic) bond motifs is 1. The molecule has 1 aliphatic heterocycles. The lowest BCUT2D eigenvalue weighted by molar-refractivity contribution is -0.286. The highest BCUT2D eigenvalue weighted by molar-refractivity contribution is 6.04. The van der Waals surface area contributed by atoms with Crippen LogP contribution >= 0.6 is 0 Å². The molecular weight excluding hydrogens is 392 g/mol. The maximum absolute atomic E-state index is 13.2. The molecule has 8 heteroatoms. The minimum Gasteiger partial charge on any atom is -0.395 e. The fraction of sp³-hybridized carbons (Fsp3) is 0.227. The Morgan fingerprint density at radius 2 is 1.70 bits per heavy atom. The number of halogens is 2. The van der Waals surface area contributed by atoms with Crippen molar-refractivity contribution in [1.82, 2.24) is 9.97 Å². The molecule has 3 aromatic rings. The van der Waals surface area contributed by atoms with Gasteiger partial charge in [-0.15, -0.1) is 8.78 Å². The molecular formula is C22H21F2N3O3. The Kier molecular flexibility index (Phi) is 5.96. The van der Waals surface area contributed by atoms with E-state index in [4.69, 9.17) is 0 Å². The second kappa shape index (κ2) is 8.44. The number of nitrogens with zero attached hydrogens (tertiary/aromatic N) is 2. The van der Waals surface area contributed by atoms with Crippen LogP contribution in [-0.2, 0) is 0 Å². The number of rotatable bonds is 3. The van der Waals surface area contributed by atoms with Crippen LogP contribution in [0, 0.1) is 13.8 Å². The minimum atomic E-state index is -3.66. The summed E-state index contributed by atoms with van der Waals surface area (Å²) in [6, 6.07) is 7.99. The molecule has 156 valence electrons. The number of carbonyl (C=O) groups excluding carboxylic acids is 1. The van der Waals surface area contributed by atoms with Gasteiger partial charge in [0, 0.05) is 29.7 Å². The van der Waals surface area contributed by atoms with Gasteiger partial charge in [-0.25, -0.2) is 4.98 Å². The van der Waals surface area contributed by atoms with Crippen LogP contribution in [0.25, 0.3) is 11.1 Å². The van der Waals surface area contributed by atoms with Crippen LogP contribution in [-0.4, -0.2) is 22.2 Å². The van der Waals surface area contributed by atoms with E-state index in [2.05, 4.69) is 24.8 Å². The van der Waals surface area contributed by atoms with E-state index in [1.807, 2.05) is 13.8 Å². The smallest absolute Gasteiger partial charge is 0.395 e. The zero-order chi connectivity index (χ0) is 21.9. The second-order valence-corrected chi connectivity index (χ2v) is 6.36. The van der Waals surface area contributed by atoms with Gasteiger partial charge in [0.2, 0.25) is 0 Å². The van der Waals surface area contributed by atoms with Crippen molar-refractivity contribution >= 4 is 11.7 Å². The van der Waals surface area contributed by atoms with Gasteiger partial charge < -0.3 is 14.8 Å². The van der Waals surface area contributed by atoms with E-state index in [1.54, 1.807) is 50.6 Å². The van der Waals surface area contributed by atoms with Crippen molar-refractivity contribution in [2.24, 2.45) is 0 Å². The van der Waals surface area contributed by atoms with E-state index < -0.39 is 6.29 Å². The van der Waals surface area contributed by atoms with Crippen molar-refractivity contribution < 1.29 is 23.0 Å². The van der Waals surface area contributed by atoms with Gasteiger partial charge in [0.1, 0.15) is 5.82 Å². The van der Waals surface area contributed by atoms with Gasteiger partial charge in [-0.1, -0.05) is 13.8 Å². The summed E-state index contributed by atoms with van der Waals surface area (Å²) >= 11 is 0. The number of alkyl halides is 2. The molecule has 4 rings (SSSR count). The highest BCUT2D eigenvalue weighted by Crippen LogP contribution is 2.44. The van der Waals surface area contributed by atoms with Crippen LogP contribution in [0.5, 0.6) is 11.5 Å². The minimum absolute atomic E-state index is 0.00388. The number of ether oxygens (including phenoxy) is 2. The molecule has 0 atom stereocenters. The number of amides is 1. The van der Waals surface area contributed by atoms with E-state index in [0.717, 1.165) is 11.1 Å². The lowest BCUT2D eigenvalue weighted by Crippen LogP contribution is -2.25. The summed E-state index contributed by atoms with van der Waals surface area (Å²) in [4.78, 5) is 20.6. The lowest BCUT2D eigenvalue weighted by atomic mass is 10.0. The maximum atomic E-state index is 13.2. The summed E-state index contributed by atoms with van der Waals surface area (Å²) in [5.41, 5.74) is 3.36. The third-order valence-electron chi connectivity index (χ3n) is 4.33. The Morgan fingerprint density at radius 1 is 1.00 bits per heavy atom. The van der Waals surface area contributed by atoms with Gasteiger partial charge in [-0.2, -0.15) is 0 Å². The number of hydrogen-bond donors (Lipinski definition) is 1. The Hall–Kier alpha value is -3.55. The molecule has 0 saturated heterocycles. The van der Waals surface area contributed by atoms with Gasteiger partial charge in [0.05, 0.1) is 0 Å². The first-order valence-electron chi connectivity index (χ1n) is 9.41. The van der Waals surface area contributed by atoms with Crippen molar-refractivity contribution in [3.05, 3.63) is 65.6 Å². The third kappa shape index (κ3) is 4.37. The molecule has 0 saturated carbocycles. The van der Waals surface area contributed by atoms with Gasteiger partial charge in [0.15, 0.2) is 11.5 Å². The lowest BCUT2D eigenvalue weighted by Gasteiger charge is -2.09. The zero-order valence-corrected chi connectivity index (χ0v) is 17.0. The summed E-state index contributed by atoms with van der Waals surface area (Å²) in [5.74, 6) is 0.0449. The molecule has 1 N–H and O–H groups in total. The molecule has 0 unspecified atom stereocenters. The zero-order valence-electron chi connectivity index (χ0n) is 17.0. The standard InChI is InChI=1S/C20H15F2N3O3.C2H6/c1-11-7-16-17(28-20(21,22)27-16)8-15(11)13-3-4-18(24-10-13)25-19(26)14-5-6-23-9-12(14)2;1-2/h3-10H,1-2H3,(H,24,25,26);1-2H3. The molecule has 1 amide bonds. The van der Waals surface area contributed by atoms with Crippen LogP contribution in [0.2, 0.25) is 0 Å². The van der Waals surface area contributed by atoms with Crippen LogP contribution in [0.1, 0.15) is 35.3 Å². The molecule has 2 aromatic heterocycles. The molecule has 0 radical (unpaired) electrons. The molecule has 0 spiro atoms. The molecule has 0 aliphatic carbocycles. The van der Waals surface area contributed by atoms with Crippen LogP contribution in [0.15, 0.2) is 48.9 Å². The summed E-state index contributed by atoms with van der Waals surface area (Å²) in [6.07, 6.45) is 1.05. The third-order valence-corrected chi connectivity index (χ3v) is 4.33. The fourth-order valence-corrected chi connectivity index (χ4v) is 2.95. The topological polar surface area (TPSA) is 73.3 Å². The van der Waals surface area contributed by atoms with Gasteiger partial charge in [-0.3, -0.25) is 9.78 Å². The summed E-state index contributed by atoms with van der Waals surface area (Å²) in [5, 5.41) is 2.72. The van der Waals surface area contributed by atoms with Crippen molar-refractivity contribution in [2.75, 3.05) is 5.32 Å². The predicted molar refractivity (Wildman–Crippen MR) is 109 cm³/mol. The highest BCUT2D eigenvalue weighted by Gasteiger charge is 2.43. The van der Waals surface area contributed by atoms with Crippen molar-refractivity contribution in [3.8, 4) is 22.6 Å². The predicted octanol–water partition coefficient (Wildman–Crippen LogP) is 5.36. The summed E-state index contributed by atoms with van der Waals surface area (Å²) in [7, 11) is 0. The molecule has 0 fully saturated rings. The number of pyridine rings is 2. The number of hydrogen-bond acceptors (Lipinski definition) is 5. The maximum Gasteiger partial charge on any atom is 0.586 e. The van der Waals surface area contributed by atoms with E-state index in [9.17, 15) is 13.6 Å². The van der Waals surface area contributed by atoms with Crippen LogP contribution in [0.4, 0.5) is 14.6 Å². The van der Waals surface area contributed by atoms with Gasteiger partial charge in [-0.05, 0) is 60.9 Å². The summed E-state index contributed by atoms with van der Waals surface area (Å²) < 4.78 is 35.5. The van der Waals surface area contributed by atoms with Gasteiger partial charge in [0.25, 0.3) is 5.91 Å². The first-order chi connectivity index (χ1) is 14.3. The molecule has 30 heavy (non-hydrogen) atoms. The Morgan fingerprint density at radius 3 is 2.33 bits per heavy atom. The fourth-order valence-electron chi connectivity index (χ4n) is 2.95. The number of nitrogens with one attached hydrogen (secondary N) is 1. The van der Waals surface area contributed by atoms with Crippen LogP contribution < -0.4 is 14.8 Å².